The molecule has 0 saturated heterocycles. The fraction of sp³-hybridized carbons (Fsp3) is 0.647. The van der Waals surface area contributed by atoms with Gasteiger partial charge in [0.15, 0.2) is 9.84 Å². The topological polar surface area (TPSA) is 34.1 Å². The maximum Gasteiger partial charge on any atom is 0.175 e. The largest absolute Gasteiger partial charge is 0.224 e. The highest BCUT2D eigenvalue weighted by Gasteiger charge is 2.28. The van der Waals surface area contributed by atoms with Gasteiger partial charge in [0.1, 0.15) is 0 Å². The van der Waals surface area contributed by atoms with Crippen LogP contribution in [0.1, 0.15) is 65.5 Å². The summed E-state index contributed by atoms with van der Waals surface area (Å²) in [7, 11) is -3.20. The Kier molecular flexibility index (Phi) is 4.75. The summed E-state index contributed by atoms with van der Waals surface area (Å²) in [6.45, 7) is 12.9. The lowest BCUT2D eigenvalue weighted by molar-refractivity contribution is 0.479. The molecule has 1 rings (SSSR count). The zero-order valence-electron chi connectivity index (χ0n) is 13.9. The molecule has 0 spiro atoms. The van der Waals surface area contributed by atoms with Gasteiger partial charge in [-0.1, -0.05) is 53.7 Å². The van der Waals surface area contributed by atoms with Gasteiger partial charge in [-0.2, -0.15) is 0 Å². The molecule has 0 aliphatic rings. The molecule has 2 nitrogen and oxygen atoms in total. The second-order valence-corrected chi connectivity index (χ2v) is 8.94. The van der Waals surface area contributed by atoms with Gasteiger partial charge in [0.25, 0.3) is 0 Å². The van der Waals surface area contributed by atoms with E-state index >= 15 is 0 Å². The first kappa shape index (κ1) is 17.2. The van der Waals surface area contributed by atoms with E-state index in [0.29, 0.717) is 4.90 Å². The molecule has 0 fully saturated rings. The van der Waals surface area contributed by atoms with Crippen LogP contribution in [0.25, 0.3) is 0 Å². The Labute approximate surface area is 124 Å². The second-order valence-electron chi connectivity index (χ2n) is 6.96. The van der Waals surface area contributed by atoms with Crippen molar-refractivity contribution in [2.75, 3.05) is 6.26 Å². The molecule has 20 heavy (non-hydrogen) atoms. The number of benzene rings is 1. The van der Waals surface area contributed by atoms with Crippen molar-refractivity contribution in [3.8, 4) is 0 Å². The van der Waals surface area contributed by atoms with E-state index < -0.39 is 9.84 Å². The Morgan fingerprint density at radius 3 is 1.85 bits per heavy atom. The van der Waals surface area contributed by atoms with Gasteiger partial charge in [0.05, 0.1) is 4.90 Å². The first-order valence-corrected chi connectivity index (χ1v) is 9.20. The maximum absolute atomic E-state index is 12.0. The molecule has 0 atom stereocenters. The molecular formula is C17H28O2S. The molecule has 0 heterocycles. The van der Waals surface area contributed by atoms with Gasteiger partial charge in [-0.3, -0.25) is 0 Å². The summed E-state index contributed by atoms with van der Waals surface area (Å²) in [6, 6.07) is 5.85. The first-order valence-electron chi connectivity index (χ1n) is 7.31. The quantitative estimate of drug-likeness (QED) is 0.803. The summed E-state index contributed by atoms with van der Waals surface area (Å²) in [5.41, 5.74) is 2.08. The summed E-state index contributed by atoms with van der Waals surface area (Å²) in [5, 5.41) is 0. The smallest absolute Gasteiger partial charge is 0.175 e. The Morgan fingerprint density at radius 2 is 1.45 bits per heavy atom. The molecule has 1 aromatic carbocycles. The summed E-state index contributed by atoms with van der Waals surface area (Å²) in [5.74, 6) is 0. The molecule has 0 amide bonds. The highest BCUT2D eigenvalue weighted by Crippen LogP contribution is 2.36. The fourth-order valence-corrected chi connectivity index (χ4v) is 3.25. The molecule has 1 aromatic rings. The molecule has 0 N–H and O–H groups in total. The van der Waals surface area contributed by atoms with Gasteiger partial charge in [0.2, 0.25) is 0 Å². The van der Waals surface area contributed by atoms with Crippen molar-refractivity contribution in [1.29, 1.82) is 0 Å². The van der Waals surface area contributed by atoms with Crippen LogP contribution in [0, 0.1) is 0 Å². The lowest BCUT2D eigenvalue weighted by Crippen LogP contribution is -2.23. The van der Waals surface area contributed by atoms with Crippen LogP contribution in [0.2, 0.25) is 0 Å². The van der Waals surface area contributed by atoms with Crippen LogP contribution >= 0.6 is 0 Å². The van der Waals surface area contributed by atoms with Gasteiger partial charge in [-0.05, 0) is 40.9 Å². The minimum atomic E-state index is -3.20. The zero-order chi connectivity index (χ0) is 15.8. The Hall–Kier alpha value is -0.830. The van der Waals surface area contributed by atoms with Crippen molar-refractivity contribution in [2.45, 2.75) is 70.1 Å². The lowest BCUT2D eigenvalue weighted by Gasteiger charge is -2.30. The van der Waals surface area contributed by atoms with E-state index in [1.54, 1.807) is 6.07 Å². The Balaban J connectivity index is 3.62. The highest BCUT2D eigenvalue weighted by atomic mass is 32.2. The molecular weight excluding hydrogens is 268 g/mol. The molecule has 0 aliphatic heterocycles. The van der Waals surface area contributed by atoms with E-state index in [1.165, 1.54) is 11.8 Å². The van der Waals surface area contributed by atoms with Crippen molar-refractivity contribution >= 4 is 9.84 Å². The predicted molar refractivity (Wildman–Crippen MR) is 86.2 cm³/mol. The molecule has 0 unspecified atom stereocenters. The average Bonchev–Trinajstić information content (AvgIpc) is 2.37. The SMILES string of the molecule is CCC(C)(C)c1ccc(S(C)(=O)=O)c(C(C)(C)CC)c1. The van der Waals surface area contributed by atoms with Crippen LogP contribution in [0.15, 0.2) is 23.1 Å². The third-order valence-corrected chi connectivity index (χ3v) is 5.81. The number of rotatable bonds is 5. The minimum Gasteiger partial charge on any atom is -0.224 e. The van der Waals surface area contributed by atoms with E-state index in [0.717, 1.165) is 18.4 Å². The summed E-state index contributed by atoms with van der Waals surface area (Å²) in [6.07, 6.45) is 3.23. The third-order valence-electron chi connectivity index (χ3n) is 4.66. The van der Waals surface area contributed by atoms with Crippen LogP contribution in [0.4, 0.5) is 0 Å². The summed E-state index contributed by atoms with van der Waals surface area (Å²) < 4.78 is 24.1. The molecule has 3 heteroatoms. The van der Waals surface area contributed by atoms with Crippen molar-refractivity contribution in [3.05, 3.63) is 29.3 Å². The third kappa shape index (κ3) is 3.43. The predicted octanol–water partition coefficient (Wildman–Crippen LogP) is 4.47. The first-order chi connectivity index (χ1) is 8.95. The normalized spacial score (nSPS) is 13.6. The van der Waals surface area contributed by atoms with E-state index in [-0.39, 0.29) is 10.8 Å². The zero-order valence-corrected chi connectivity index (χ0v) is 14.7. The van der Waals surface area contributed by atoms with Crippen LogP contribution in [-0.4, -0.2) is 14.7 Å². The Morgan fingerprint density at radius 1 is 0.950 bits per heavy atom. The van der Waals surface area contributed by atoms with Crippen LogP contribution in [0.5, 0.6) is 0 Å². The van der Waals surface area contributed by atoms with Crippen molar-refractivity contribution in [1.82, 2.24) is 0 Å². The van der Waals surface area contributed by atoms with Gasteiger partial charge < -0.3 is 0 Å². The maximum atomic E-state index is 12.0. The molecule has 114 valence electrons. The van der Waals surface area contributed by atoms with E-state index in [2.05, 4.69) is 47.6 Å². The van der Waals surface area contributed by atoms with Crippen LogP contribution in [-0.2, 0) is 20.7 Å². The molecule has 0 bridgehead atoms. The van der Waals surface area contributed by atoms with Gasteiger partial charge in [-0.15, -0.1) is 0 Å². The fourth-order valence-electron chi connectivity index (χ4n) is 2.20. The second kappa shape index (κ2) is 5.51. The molecule has 0 aromatic heterocycles. The monoisotopic (exact) mass is 296 g/mol. The van der Waals surface area contributed by atoms with Crippen molar-refractivity contribution < 1.29 is 8.42 Å². The minimum absolute atomic E-state index is 0.0641. The lowest BCUT2D eigenvalue weighted by atomic mass is 9.76. The van der Waals surface area contributed by atoms with Crippen molar-refractivity contribution in [2.24, 2.45) is 0 Å². The molecule has 0 aliphatic carbocycles. The van der Waals surface area contributed by atoms with E-state index in [1.807, 2.05) is 6.07 Å². The summed E-state index contributed by atoms with van der Waals surface area (Å²) in [4.78, 5) is 0.472. The standard InChI is InChI=1S/C17H28O2S/c1-8-16(3,4)13-10-11-15(20(7,18)19)14(12-13)17(5,6)9-2/h10-12H,8-9H2,1-7H3. The molecule has 0 radical (unpaired) electrons. The summed E-state index contributed by atoms with van der Waals surface area (Å²) >= 11 is 0. The van der Waals surface area contributed by atoms with Gasteiger partial charge in [0, 0.05) is 6.26 Å². The number of sulfone groups is 1. The number of hydrogen-bond acceptors (Lipinski definition) is 2. The van der Waals surface area contributed by atoms with E-state index in [9.17, 15) is 8.42 Å². The van der Waals surface area contributed by atoms with Gasteiger partial charge in [-0.25, -0.2) is 8.42 Å². The van der Waals surface area contributed by atoms with Crippen LogP contribution < -0.4 is 0 Å². The van der Waals surface area contributed by atoms with Gasteiger partial charge >= 0.3 is 0 Å². The van der Waals surface area contributed by atoms with Crippen molar-refractivity contribution in [3.63, 3.8) is 0 Å². The molecule has 0 saturated carbocycles. The average molecular weight is 296 g/mol. The Bertz CT molecular complexity index is 581. The van der Waals surface area contributed by atoms with Crippen LogP contribution in [0.3, 0.4) is 0 Å². The number of hydrogen-bond donors (Lipinski definition) is 0. The van der Waals surface area contributed by atoms with E-state index in [4.69, 9.17) is 0 Å². The highest BCUT2D eigenvalue weighted by molar-refractivity contribution is 7.90.